The molecular weight excluding hydrogens is 514 g/mol. The maximum Gasteiger partial charge on any atom is 0.235 e. The van der Waals surface area contributed by atoms with Crippen LogP contribution in [0.4, 0.5) is 5.69 Å². The minimum absolute atomic E-state index is 0.0700. The highest BCUT2D eigenvalue weighted by Crippen LogP contribution is 2.51. The van der Waals surface area contributed by atoms with Crippen molar-refractivity contribution in [2.75, 3.05) is 31.6 Å². The number of aryl methyl sites for hydroxylation is 2. The van der Waals surface area contributed by atoms with Crippen molar-refractivity contribution in [1.82, 2.24) is 34.4 Å². The minimum atomic E-state index is -0.336. The Morgan fingerprint density at radius 2 is 1.98 bits per heavy atom. The Kier molecular flexibility index (Phi) is 5.77. The Bertz CT molecular complexity index is 1870. The summed E-state index contributed by atoms with van der Waals surface area (Å²) in [4.78, 5) is 26.4. The lowest BCUT2D eigenvalue weighted by molar-refractivity contribution is -0.119. The number of anilines is 1. The van der Waals surface area contributed by atoms with E-state index in [-0.39, 0.29) is 17.2 Å². The maximum atomic E-state index is 13.9. The molecule has 2 aliphatic rings. The van der Waals surface area contributed by atoms with Crippen LogP contribution in [0.3, 0.4) is 0 Å². The second-order valence-corrected chi connectivity index (χ2v) is 11.7. The topological polar surface area (TPSA) is 112 Å². The third kappa shape index (κ3) is 4.03. The van der Waals surface area contributed by atoms with Gasteiger partial charge in [0, 0.05) is 74.3 Å². The zero-order chi connectivity index (χ0) is 28.5. The number of hydrogen-bond donors (Lipinski definition) is 1. The van der Waals surface area contributed by atoms with Gasteiger partial charge in [0.15, 0.2) is 0 Å². The van der Waals surface area contributed by atoms with Gasteiger partial charge in [0.1, 0.15) is 5.65 Å². The zero-order valence-electron chi connectivity index (χ0n) is 23.8. The third-order valence-electron chi connectivity index (χ3n) is 9.07. The number of aromatic nitrogens is 6. The Hall–Kier alpha value is -4.49. The maximum absolute atomic E-state index is 13.9. The molecule has 1 aromatic carbocycles. The fraction of sp³-hybridized carbons (Fsp3) is 0.387. The first-order chi connectivity index (χ1) is 19.8. The van der Waals surface area contributed by atoms with Gasteiger partial charge in [-0.25, -0.2) is 4.98 Å². The highest BCUT2D eigenvalue weighted by atomic mass is 16.2. The van der Waals surface area contributed by atoms with Crippen molar-refractivity contribution < 1.29 is 4.79 Å². The number of amides is 1. The molecule has 1 amide bonds. The van der Waals surface area contributed by atoms with Crippen LogP contribution in [0, 0.1) is 16.7 Å². The van der Waals surface area contributed by atoms with Crippen molar-refractivity contribution in [3.8, 4) is 28.5 Å². The van der Waals surface area contributed by atoms with Crippen LogP contribution < -0.4 is 4.90 Å². The van der Waals surface area contributed by atoms with Gasteiger partial charge in [-0.15, -0.1) is 0 Å². The number of hydrogen-bond acceptors (Lipinski definition) is 6. The molecule has 0 bridgehead atoms. The molecule has 1 unspecified atom stereocenters. The second kappa shape index (κ2) is 9.28. The summed E-state index contributed by atoms with van der Waals surface area (Å²) in [6, 6.07) is 8.76. The number of fused-ring (bicyclic) bond motifs is 4. The molecule has 208 valence electrons. The predicted molar refractivity (Wildman–Crippen MR) is 158 cm³/mol. The Balaban J connectivity index is 1.42. The third-order valence-corrected chi connectivity index (χ3v) is 9.07. The molecular formula is C31H33N9O. The Labute approximate surface area is 238 Å². The van der Waals surface area contributed by atoms with E-state index in [0.29, 0.717) is 13.0 Å². The Morgan fingerprint density at radius 3 is 2.68 bits per heavy atom. The van der Waals surface area contributed by atoms with Crippen molar-refractivity contribution in [1.29, 1.82) is 5.26 Å². The van der Waals surface area contributed by atoms with Crippen molar-refractivity contribution in [2.24, 2.45) is 19.5 Å². The number of carbonyl (C=O) groups is 1. The molecule has 1 aliphatic carbocycles. The van der Waals surface area contributed by atoms with Crippen LogP contribution in [0.2, 0.25) is 0 Å². The van der Waals surface area contributed by atoms with E-state index in [2.05, 4.69) is 51.3 Å². The van der Waals surface area contributed by atoms with Gasteiger partial charge < -0.3 is 14.8 Å². The molecule has 1 fully saturated rings. The average Bonchev–Trinajstić information content (AvgIpc) is 3.25. The van der Waals surface area contributed by atoms with Crippen molar-refractivity contribution >= 4 is 33.5 Å². The highest BCUT2D eigenvalue weighted by Gasteiger charge is 2.45. The van der Waals surface area contributed by atoms with E-state index in [1.165, 1.54) is 0 Å². The number of carbonyl (C=O) groups excluding carboxylic acids is 1. The molecule has 10 heteroatoms. The minimum Gasteiger partial charge on any atom is -0.339 e. The van der Waals surface area contributed by atoms with Crippen LogP contribution in [0.1, 0.15) is 37.7 Å². The van der Waals surface area contributed by atoms with Gasteiger partial charge >= 0.3 is 0 Å². The summed E-state index contributed by atoms with van der Waals surface area (Å²) in [5.41, 5.74) is 7.67. The summed E-state index contributed by atoms with van der Waals surface area (Å²) in [6.45, 7) is 4.41. The van der Waals surface area contributed by atoms with Crippen LogP contribution in [0.5, 0.6) is 0 Å². The van der Waals surface area contributed by atoms with Gasteiger partial charge in [-0.2, -0.15) is 15.5 Å². The molecule has 1 atom stereocenters. The van der Waals surface area contributed by atoms with Gasteiger partial charge in [0.25, 0.3) is 0 Å². The van der Waals surface area contributed by atoms with E-state index in [1.54, 1.807) is 9.58 Å². The van der Waals surface area contributed by atoms with E-state index in [0.717, 1.165) is 81.5 Å². The standard InChI is InChI=1S/C31H33N9O/c1-5-40(18-31(8-9-31)10-11-32)17-22-26-24(38(3)30(22)41)15-33-29-27(26)25(28(36-29)21-14-34-37(2)16-21)19-6-7-23-20(12-19)13-35-39(23)4/h6-7,12-16,22H,5,8-10,17-18H2,1-4H3,(H,33,36). The van der Waals surface area contributed by atoms with Crippen molar-refractivity contribution in [3.05, 3.63) is 48.5 Å². The lowest BCUT2D eigenvalue weighted by Gasteiger charge is -2.27. The summed E-state index contributed by atoms with van der Waals surface area (Å²) >= 11 is 0. The molecule has 4 aromatic heterocycles. The largest absolute Gasteiger partial charge is 0.339 e. The summed E-state index contributed by atoms with van der Waals surface area (Å²) < 4.78 is 3.67. The molecule has 41 heavy (non-hydrogen) atoms. The molecule has 5 aromatic rings. The number of likely N-dealkylation sites (N-methyl/N-ethyl adjacent to an activating group) is 2. The number of pyridine rings is 1. The van der Waals surface area contributed by atoms with E-state index in [4.69, 9.17) is 4.98 Å². The second-order valence-electron chi connectivity index (χ2n) is 11.7. The monoisotopic (exact) mass is 547 g/mol. The van der Waals surface area contributed by atoms with Gasteiger partial charge in [-0.1, -0.05) is 13.0 Å². The number of nitrogens with zero attached hydrogens (tertiary/aromatic N) is 8. The fourth-order valence-corrected chi connectivity index (χ4v) is 6.58. The molecule has 0 radical (unpaired) electrons. The quantitative estimate of drug-likeness (QED) is 0.304. The smallest absolute Gasteiger partial charge is 0.235 e. The first-order valence-corrected chi connectivity index (χ1v) is 14.1. The van der Waals surface area contributed by atoms with Gasteiger partial charge in [-0.05, 0) is 42.5 Å². The van der Waals surface area contributed by atoms with E-state index < -0.39 is 0 Å². The zero-order valence-corrected chi connectivity index (χ0v) is 23.8. The molecule has 7 rings (SSSR count). The van der Waals surface area contributed by atoms with E-state index in [9.17, 15) is 10.1 Å². The summed E-state index contributed by atoms with van der Waals surface area (Å²) in [6.07, 6.45) is 10.3. The molecule has 0 saturated heterocycles. The molecule has 1 aliphatic heterocycles. The first kappa shape index (κ1) is 25.5. The number of aromatic amines is 1. The lowest BCUT2D eigenvalue weighted by Crippen LogP contribution is -2.37. The summed E-state index contributed by atoms with van der Waals surface area (Å²) in [5.74, 6) is -0.257. The molecule has 0 spiro atoms. The molecule has 5 heterocycles. The first-order valence-electron chi connectivity index (χ1n) is 14.1. The van der Waals surface area contributed by atoms with Crippen LogP contribution >= 0.6 is 0 Å². The van der Waals surface area contributed by atoms with Gasteiger partial charge in [0.2, 0.25) is 5.91 Å². The lowest BCUT2D eigenvalue weighted by atomic mass is 9.91. The van der Waals surface area contributed by atoms with Crippen LogP contribution in [0.25, 0.3) is 44.3 Å². The number of H-pyrrole nitrogens is 1. The van der Waals surface area contributed by atoms with Crippen molar-refractivity contribution in [3.63, 3.8) is 0 Å². The fourth-order valence-electron chi connectivity index (χ4n) is 6.58. The van der Waals surface area contributed by atoms with Crippen LogP contribution in [-0.4, -0.2) is 67.0 Å². The van der Waals surface area contributed by atoms with Gasteiger partial charge in [0.05, 0.1) is 47.5 Å². The van der Waals surface area contributed by atoms with Crippen molar-refractivity contribution in [2.45, 2.75) is 32.1 Å². The number of rotatable bonds is 8. The number of benzene rings is 1. The summed E-state index contributed by atoms with van der Waals surface area (Å²) in [7, 11) is 5.70. The van der Waals surface area contributed by atoms with E-state index in [1.807, 2.05) is 50.6 Å². The van der Waals surface area contributed by atoms with E-state index >= 15 is 0 Å². The summed E-state index contributed by atoms with van der Waals surface area (Å²) in [5, 5.41) is 20.3. The predicted octanol–water partition coefficient (Wildman–Crippen LogP) is 4.59. The molecule has 10 nitrogen and oxygen atoms in total. The van der Waals surface area contributed by atoms with Gasteiger partial charge in [-0.3, -0.25) is 14.2 Å². The van der Waals surface area contributed by atoms with Crippen LogP contribution in [-0.2, 0) is 18.9 Å². The SMILES string of the molecule is CCN(CC1C(=O)N(C)c2cnc3[nH]c(-c4cnn(C)c4)c(-c4ccc5c(cnn5C)c4)c3c21)CC1(CC#N)CC1. The number of nitriles is 1. The van der Waals surface area contributed by atoms with Crippen LogP contribution in [0.15, 0.2) is 43.0 Å². The molecule has 1 saturated carbocycles. The number of nitrogens with one attached hydrogen (secondary N) is 1. The normalized spacial score (nSPS) is 17.6. The average molecular weight is 548 g/mol. The Morgan fingerprint density at radius 1 is 1.15 bits per heavy atom. The molecule has 1 N–H and O–H groups in total. The highest BCUT2D eigenvalue weighted by molar-refractivity contribution is 6.14.